The van der Waals surface area contributed by atoms with Gasteiger partial charge in [-0.15, -0.1) is 0 Å². The molecule has 3 aromatic rings. The summed E-state index contributed by atoms with van der Waals surface area (Å²) in [5.41, 5.74) is 0.842. The van der Waals surface area contributed by atoms with E-state index in [2.05, 4.69) is 9.68 Å². The Morgan fingerprint density at radius 2 is 2.12 bits per heavy atom. The molecule has 128 valence electrons. The van der Waals surface area contributed by atoms with Crippen molar-refractivity contribution in [3.63, 3.8) is 0 Å². The lowest BCUT2D eigenvalue weighted by molar-refractivity contribution is 0.102. The molecule has 1 aromatic carbocycles. The normalized spacial score (nSPS) is 16.9. The van der Waals surface area contributed by atoms with Crippen molar-refractivity contribution in [3.05, 3.63) is 60.9 Å². The predicted octanol–water partition coefficient (Wildman–Crippen LogP) is 3.01. The van der Waals surface area contributed by atoms with Crippen molar-refractivity contribution in [2.75, 3.05) is 18.1 Å². The van der Waals surface area contributed by atoms with Crippen LogP contribution in [0.5, 0.6) is 5.88 Å². The highest BCUT2D eigenvalue weighted by Crippen LogP contribution is 2.25. The van der Waals surface area contributed by atoms with Gasteiger partial charge in [0.15, 0.2) is 6.10 Å². The van der Waals surface area contributed by atoms with E-state index >= 15 is 0 Å². The second-order valence-corrected chi connectivity index (χ2v) is 5.49. The number of rotatable bonds is 5. The number of cyclic esters (lactones) is 1. The van der Waals surface area contributed by atoms with Crippen LogP contribution in [0.25, 0.3) is 5.69 Å². The maximum Gasteiger partial charge on any atom is 0.414 e. The molecule has 1 atom stereocenters. The summed E-state index contributed by atoms with van der Waals surface area (Å²) in [5.74, 6) is -0.111. The van der Waals surface area contributed by atoms with Crippen LogP contribution in [0, 0.1) is 5.82 Å². The number of hydrogen-bond acceptors (Lipinski definition) is 5. The Bertz CT molecular complexity index is 864. The summed E-state index contributed by atoms with van der Waals surface area (Å²) in [7, 11) is 0. The van der Waals surface area contributed by atoms with Crippen LogP contribution in [-0.2, 0) is 4.74 Å². The van der Waals surface area contributed by atoms with E-state index in [1.165, 1.54) is 17.2 Å². The van der Waals surface area contributed by atoms with Crippen molar-refractivity contribution in [1.82, 2.24) is 9.72 Å². The number of anilines is 1. The summed E-state index contributed by atoms with van der Waals surface area (Å²) in [4.78, 5) is 13.4. The van der Waals surface area contributed by atoms with Crippen LogP contribution in [0.4, 0.5) is 14.9 Å². The third-order valence-corrected chi connectivity index (χ3v) is 3.83. The molecule has 0 spiro atoms. The lowest BCUT2D eigenvalue weighted by Gasteiger charge is -2.14. The quantitative estimate of drug-likeness (QED) is 0.712. The van der Waals surface area contributed by atoms with E-state index in [0.717, 1.165) is 0 Å². The first-order valence-corrected chi connectivity index (χ1v) is 7.65. The molecule has 2 aromatic heterocycles. The van der Waals surface area contributed by atoms with Crippen molar-refractivity contribution in [1.29, 1.82) is 0 Å². The Morgan fingerprint density at radius 1 is 1.28 bits per heavy atom. The highest BCUT2D eigenvalue weighted by molar-refractivity contribution is 5.89. The lowest BCUT2D eigenvalue weighted by Crippen LogP contribution is -2.26. The maximum absolute atomic E-state index is 14.4. The van der Waals surface area contributed by atoms with Crippen LogP contribution in [0.1, 0.15) is 0 Å². The first kappa shape index (κ1) is 15.3. The minimum Gasteiger partial charge on any atom is -0.471 e. The summed E-state index contributed by atoms with van der Waals surface area (Å²) < 4.78 is 31.3. The number of carbonyl (C=O) groups is 1. The Labute approximate surface area is 142 Å². The largest absolute Gasteiger partial charge is 0.471 e. The summed E-state index contributed by atoms with van der Waals surface area (Å²) in [5, 5.41) is 3.62. The molecule has 1 fully saturated rings. The summed E-state index contributed by atoms with van der Waals surface area (Å²) >= 11 is 0. The number of amides is 1. The molecule has 25 heavy (non-hydrogen) atoms. The number of hydrogen-bond donors (Lipinski definition) is 0. The Balaban J connectivity index is 1.46. The highest BCUT2D eigenvalue weighted by atomic mass is 19.1. The molecule has 0 aliphatic carbocycles. The molecule has 1 aliphatic rings. The van der Waals surface area contributed by atoms with Crippen LogP contribution >= 0.6 is 0 Å². The molecule has 0 bridgehead atoms. The fraction of sp³-hybridized carbons (Fsp3) is 0.176. The molecule has 1 aliphatic heterocycles. The van der Waals surface area contributed by atoms with Crippen molar-refractivity contribution < 1.29 is 23.2 Å². The van der Waals surface area contributed by atoms with E-state index in [-0.39, 0.29) is 13.2 Å². The molecule has 8 heteroatoms. The summed E-state index contributed by atoms with van der Waals surface area (Å²) in [6.07, 6.45) is 3.87. The number of carbonyl (C=O) groups excluding carboxylic acids is 1. The van der Waals surface area contributed by atoms with E-state index in [0.29, 0.717) is 17.3 Å². The first-order chi connectivity index (χ1) is 12.2. The molecule has 0 saturated carbocycles. The zero-order valence-corrected chi connectivity index (χ0v) is 13.0. The Hall–Kier alpha value is -3.29. The van der Waals surface area contributed by atoms with Gasteiger partial charge < -0.3 is 18.6 Å². The number of benzene rings is 1. The van der Waals surface area contributed by atoms with Crippen LogP contribution in [0.3, 0.4) is 0 Å². The number of halogens is 1. The molecule has 4 rings (SSSR count). The van der Waals surface area contributed by atoms with Crippen molar-refractivity contribution in [2.45, 2.75) is 6.10 Å². The second-order valence-electron chi connectivity index (χ2n) is 5.49. The van der Waals surface area contributed by atoms with Crippen molar-refractivity contribution in [3.8, 4) is 11.6 Å². The molecular weight excluding hydrogens is 329 g/mol. The monoisotopic (exact) mass is 343 g/mol. The average Bonchev–Trinajstić information content (AvgIpc) is 3.35. The smallest absolute Gasteiger partial charge is 0.414 e. The fourth-order valence-electron chi connectivity index (χ4n) is 2.64. The van der Waals surface area contributed by atoms with Gasteiger partial charge >= 0.3 is 6.09 Å². The molecule has 1 saturated heterocycles. The van der Waals surface area contributed by atoms with E-state index in [1.54, 1.807) is 35.2 Å². The second kappa shape index (κ2) is 6.31. The van der Waals surface area contributed by atoms with Crippen molar-refractivity contribution in [2.24, 2.45) is 0 Å². The molecular formula is C17H14FN3O4. The summed E-state index contributed by atoms with van der Waals surface area (Å²) in [6.45, 7) is 0.400. The Morgan fingerprint density at radius 3 is 2.84 bits per heavy atom. The van der Waals surface area contributed by atoms with Crippen LogP contribution in [-0.4, -0.2) is 35.1 Å². The van der Waals surface area contributed by atoms with Gasteiger partial charge in [-0.05, 0) is 35.5 Å². The van der Waals surface area contributed by atoms with Crippen LogP contribution in [0.2, 0.25) is 0 Å². The van der Waals surface area contributed by atoms with Crippen LogP contribution in [0.15, 0.2) is 59.6 Å². The van der Waals surface area contributed by atoms with E-state index in [4.69, 9.17) is 9.47 Å². The molecule has 1 unspecified atom stereocenters. The van der Waals surface area contributed by atoms with Gasteiger partial charge in [0.05, 0.1) is 17.9 Å². The van der Waals surface area contributed by atoms with Gasteiger partial charge in [-0.2, -0.15) is 0 Å². The van der Waals surface area contributed by atoms with Crippen LogP contribution < -0.4 is 9.64 Å². The van der Waals surface area contributed by atoms with Gasteiger partial charge in [0.2, 0.25) is 0 Å². The number of aromatic nitrogens is 2. The average molecular weight is 343 g/mol. The molecule has 1 amide bonds. The van der Waals surface area contributed by atoms with E-state index < -0.39 is 18.0 Å². The minimum absolute atomic E-state index is 0.138. The van der Waals surface area contributed by atoms with Crippen molar-refractivity contribution >= 4 is 11.8 Å². The SMILES string of the molecule is O=C1OC(COc2ccon2)CN1c1ccc(-n2cccc2)c(F)c1. The maximum atomic E-state index is 14.4. The number of nitrogens with zero attached hydrogens (tertiary/aromatic N) is 3. The molecule has 3 heterocycles. The molecule has 0 N–H and O–H groups in total. The molecule has 7 nitrogen and oxygen atoms in total. The van der Waals surface area contributed by atoms with E-state index in [9.17, 15) is 9.18 Å². The predicted molar refractivity (Wildman–Crippen MR) is 85.3 cm³/mol. The first-order valence-electron chi connectivity index (χ1n) is 7.65. The highest BCUT2D eigenvalue weighted by Gasteiger charge is 2.33. The lowest BCUT2D eigenvalue weighted by atomic mass is 10.2. The summed E-state index contributed by atoms with van der Waals surface area (Å²) in [6, 6.07) is 9.80. The standard InChI is InChI=1S/C17H14FN3O4/c18-14-9-12(3-4-15(14)20-6-1-2-7-20)21-10-13(25-17(21)22)11-23-16-5-8-24-19-16/h1-9,13H,10-11H2. The third-order valence-electron chi connectivity index (χ3n) is 3.83. The number of ether oxygens (including phenoxy) is 2. The van der Waals surface area contributed by atoms with Gasteiger partial charge in [-0.3, -0.25) is 4.90 Å². The van der Waals surface area contributed by atoms with Gasteiger partial charge in [-0.25, -0.2) is 9.18 Å². The van der Waals surface area contributed by atoms with Gasteiger partial charge in [-0.1, -0.05) is 0 Å². The minimum atomic E-state index is -0.540. The zero-order chi connectivity index (χ0) is 17.2. The van der Waals surface area contributed by atoms with Gasteiger partial charge in [0.25, 0.3) is 5.88 Å². The fourth-order valence-corrected chi connectivity index (χ4v) is 2.64. The zero-order valence-electron chi connectivity index (χ0n) is 13.0. The van der Waals surface area contributed by atoms with E-state index in [1.807, 2.05) is 12.1 Å². The third kappa shape index (κ3) is 3.06. The topological polar surface area (TPSA) is 69.7 Å². The van der Waals surface area contributed by atoms with Gasteiger partial charge in [0.1, 0.15) is 18.7 Å². The van der Waals surface area contributed by atoms with Gasteiger partial charge in [0, 0.05) is 18.5 Å². The molecule has 0 radical (unpaired) electrons. The Kier molecular flexibility index (Phi) is 3.85.